The predicted octanol–water partition coefficient (Wildman–Crippen LogP) is 2.57. The van der Waals surface area contributed by atoms with Gasteiger partial charge in [-0.15, -0.1) is 0 Å². The van der Waals surface area contributed by atoms with E-state index in [0.29, 0.717) is 0 Å². The highest BCUT2D eigenvalue weighted by Crippen LogP contribution is 1.88. The van der Waals surface area contributed by atoms with E-state index in [4.69, 9.17) is 25.8 Å². The summed E-state index contributed by atoms with van der Waals surface area (Å²) in [6.45, 7) is 11.6. The second-order valence-electron chi connectivity index (χ2n) is 5.45. The molecule has 9 heteroatoms. The molecule has 0 aliphatic rings. The van der Waals surface area contributed by atoms with E-state index >= 15 is 0 Å². The molecule has 0 aromatic carbocycles. The van der Waals surface area contributed by atoms with E-state index in [2.05, 4.69) is 12.2 Å². The van der Waals surface area contributed by atoms with Gasteiger partial charge in [-0.2, -0.15) is 0 Å². The van der Waals surface area contributed by atoms with Crippen molar-refractivity contribution in [3.63, 3.8) is 0 Å². The normalized spacial score (nSPS) is 8.89. The van der Waals surface area contributed by atoms with E-state index in [9.17, 15) is 14.4 Å². The molecule has 0 aromatic heterocycles. The van der Waals surface area contributed by atoms with Gasteiger partial charge in [0.1, 0.15) is 0 Å². The number of hydrogen-bond donors (Lipinski definition) is 5. The van der Waals surface area contributed by atoms with Crippen LogP contribution >= 0.6 is 0 Å². The maximum atomic E-state index is 9.37. The molecule has 0 saturated carbocycles. The van der Waals surface area contributed by atoms with E-state index in [1.54, 1.807) is 20.8 Å². The third-order valence-corrected chi connectivity index (χ3v) is 2.75. The average Bonchev–Trinajstić information content (AvgIpc) is 2.68. The molecule has 0 heterocycles. The Morgan fingerprint density at radius 3 is 1.43 bits per heavy atom. The maximum absolute atomic E-state index is 9.37. The minimum absolute atomic E-state index is 0.222. The number of carbonyl (C=O) groups is 3. The number of ether oxygens (including phenoxy) is 1. The molecule has 0 radical (unpaired) electrons. The van der Waals surface area contributed by atoms with Crippen molar-refractivity contribution in [2.45, 2.75) is 72.6 Å². The van der Waals surface area contributed by atoms with Crippen molar-refractivity contribution in [2.75, 3.05) is 32.8 Å². The number of hydrogen-bond acceptors (Lipinski definition) is 6. The molecular formula is C19H42N2O7. The van der Waals surface area contributed by atoms with Crippen LogP contribution in [0.25, 0.3) is 0 Å². The Hall–Kier alpha value is -1.71. The second-order valence-corrected chi connectivity index (χ2v) is 5.45. The molecule has 0 fully saturated rings. The van der Waals surface area contributed by atoms with Gasteiger partial charge in [0, 0.05) is 32.5 Å². The van der Waals surface area contributed by atoms with Crippen molar-refractivity contribution in [3.05, 3.63) is 0 Å². The third kappa shape index (κ3) is 64.5. The number of unbranched alkanes of at least 4 members (excludes halogenated alkanes) is 1. The lowest BCUT2D eigenvalue weighted by Gasteiger charge is -2.04. The number of rotatable bonds is 13. The first-order valence-corrected chi connectivity index (χ1v) is 9.86. The SMILES string of the molecule is CCC(=O)O.CCC(=O)O.CCC(=O)O.CCCCOCCCNCCCN. The number of nitrogens with one attached hydrogen (secondary N) is 1. The Balaban J connectivity index is -0.000000159. The molecule has 6 N–H and O–H groups in total. The smallest absolute Gasteiger partial charge is 0.303 e. The van der Waals surface area contributed by atoms with Crippen molar-refractivity contribution < 1.29 is 34.4 Å². The first kappa shape index (κ1) is 33.8. The standard InChI is InChI=1S/C10H24N2O.3C3H6O2/c1-2-3-9-13-10-5-8-12-7-4-6-11;3*1-2-3(4)5/h12H,2-11H2,1H3;3*2H2,1H3,(H,4,5). The van der Waals surface area contributed by atoms with Crippen LogP contribution < -0.4 is 11.1 Å². The van der Waals surface area contributed by atoms with Crippen molar-refractivity contribution in [3.8, 4) is 0 Å². The van der Waals surface area contributed by atoms with Gasteiger partial charge in [0.15, 0.2) is 0 Å². The molecule has 170 valence electrons. The Morgan fingerprint density at radius 2 is 1.11 bits per heavy atom. The summed E-state index contributed by atoms with van der Waals surface area (Å²) in [5.41, 5.74) is 5.36. The molecule has 0 aliphatic heterocycles. The predicted molar refractivity (Wildman–Crippen MR) is 111 cm³/mol. The topological polar surface area (TPSA) is 159 Å². The highest BCUT2D eigenvalue weighted by atomic mass is 16.5. The number of carboxylic acid groups (broad SMARTS) is 3. The molecule has 0 saturated heterocycles. The molecule has 0 rings (SSSR count). The summed E-state index contributed by atoms with van der Waals surface area (Å²) in [6.07, 6.45) is 5.24. The zero-order valence-electron chi connectivity index (χ0n) is 18.0. The molecule has 0 amide bonds. The summed E-state index contributed by atoms with van der Waals surface area (Å²) < 4.78 is 5.42. The van der Waals surface area contributed by atoms with E-state index in [1.165, 1.54) is 12.8 Å². The minimum atomic E-state index is -0.745. The van der Waals surface area contributed by atoms with Gasteiger partial charge in [0.25, 0.3) is 0 Å². The maximum Gasteiger partial charge on any atom is 0.303 e. The van der Waals surface area contributed by atoms with E-state index in [1.807, 2.05) is 0 Å². The average molecular weight is 411 g/mol. The van der Waals surface area contributed by atoms with E-state index in [-0.39, 0.29) is 19.3 Å². The van der Waals surface area contributed by atoms with Crippen LogP contribution in [0.15, 0.2) is 0 Å². The van der Waals surface area contributed by atoms with Gasteiger partial charge in [-0.05, 0) is 38.9 Å². The lowest BCUT2D eigenvalue weighted by atomic mass is 10.3. The highest BCUT2D eigenvalue weighted by molar-refractivity contribution is 5.66. The monoisotopic (exact) mass is 410 g/mol. The van der Waals surface area contributed by atoms with Gasteiger partial charge in [-0.25, -0.2) is 0 Å². The van der Waals surface area contributed by atoms with Gasteiger partial charge in [-0.3, -0.25) is 14.4 Å². The molecule has 0 aliphatic carbocycles. The number of nitrogens with two attached hydrogens (primary N) is 1. The summed E-state index contributed by atoms with van der Waals surface area (Å²) >= 11 is 0. The molecule has 9 nitrogen and oxygen atoms in total. The third-order valence-electron chi connectivity index (χ3n) is 2.75. The zero-order chi connectivity index (χ0) is 22.6. The Bertz CT molecular complexity index is 297. The molecular weight excluding hydrogens is 368 g/mol. The first-order valence-electron chi connectivity index (χ1n) is 9.86. The van der Waals surface area contributed by atoms with Crippen LogP contribution in [0.3, 0.4) is 0 Å². The van der Waals surface area contributed by atoms with Gasteiger partial charge >= 0.3 is 17.9 Å². The fraction of sp³-hybridized carbons (Fsp3) is 0.842. The van der Waals surface area contributed by atoms with Gasteiger partial charge in [0.05, 0.1) is 0 Å². The van der Waals surface area contributed by atoms with Gasteiger partial charge in [-0.1, -0.05) is 34.1 Å². The lowest BCUT2D eigenvalue weighted by molar-refractivity contribution is -0.137. The zero-order valence-corrected chi connectivity index (χ0v) is 18.0. The molecule has 0 aromatic rings. The Morgan fingerprint density at radius 1 is 0.750 bits per heavy atom. The Labute approximate surface area is 169 Å². The van der Waals surface area contributed by atoms with Gasteiger partial charge < -0.3 is 31.1 Å². The largest absolute Gasteiger partial charge is 0.481 e. The lowest BCUT2D eigenvalue weighted by Crippen LogP contribution is -2.20. The fourth-order valence-corrected chi connectivity index (χ4v) is 1.000. The highest BCUT2D eigenvalue weighted by Gasteiger charge is 1.89. The van der Waals surface area contributed by atoms with Crippen LogP contribution in [0.1, 0.15) is 72.6 Å². The van der Waals surface area contributed by atoms with Gasteiger partial charge in [0.2, 0.25) is 0 Å². The van der Waals surface area contributed by atoms with Crippen molar-refractivity contribution in [2.24, 2.45) is 5.73 Å². The van der Waals surface area contributed by atoms with E-state index < -0.39 is 17.9 Å². The summed E-state index contributed by atoms with van der Waals surface area (Å²) in [6, 6.07) is 0. The van der Waals surface area contributed by atoms with Crippen LogP contribution in [0, 0.1) is 0 Å². The number of carboxylic acids is 3. The Kier molecular flexibility index (Phi) is 39.8. The summed E-state index contributed by atoms with van der Waals surface area (Å²) in [5, 5.41) is 26.5. The second kappa shape index (κ2) is 32.9. The van der Waals surface area contributed by atoms with Crippen LogP contribution in [-0.4, -0.2) is 66.1 Å². The quantitative estimate of drug-likeness (QED) is 0.287. The molecule has 28 heavy (non-hydrogen) atoms. The van der Waals surface area contributed by atoms with Crippen molar-refractivity contribution in [1.29, 1.82) is 0 Å². The summed E-state index contributed by atoms with van der Waals surface area (Å²) in [4.78, 5) is 28.1. The fourth-order valence-electron chi connectivity index (χ4n) is 1.000. The minimum Gasteiger partial charge on any atom is -0.481 e. The van der Waals surface area contributed by atoms with Crippen molar-refractivity contribution >= 4 is 17.9 Å². The first-order chi connectivity index (χ1) is 13.2. The molecule has 0 bridgehead atoms. The van der Waals surface area contributed by atoms with Crippen LogP contribution in [0.2, 0.25) is 0 Å². The van der Waals surface area contributed by atoms with Crippen LogP contribution in [-0.2, 0) is 19.1 Å². The molecule has 0 atom stereocenters. The van der Waals surface area contributed by atoms with Crippen molar-refractivity contribution in [1.82, 2.24) is 5.32 Å². The summed E-state index contributed by atoms with van der Waals surface area (Å²) in [5.74, 6) is -2.24. The molecule has 0 unspecified atom stereocenters. The van der Waals surface area contributed by atoms with Crippen LogP contribution in [0.5, 0.6) is 0 Å². The van der Waals surface area contributed by atoms with Crippen LogP contribution in [0.4, 0.5) is 0 Å². The molecule has 0 spiro atoms. The summed E-state index contributed by atoms with van der Waals surface area (Å²) in [7, 11) is 0. The van der Waals surface area contributed by atoms with E-state index in [0.717, 1.165) is 45.7 Å². The number of aliphatic carboxylic acids is 3.